The van der Waals surface area contributed by atoms with E-state index in [2.05, 4.69) is 5.16 Å². The van der Waals surface area contributed by atoms with Crippen LogP contribution in [-0.4, -0.2) is 22.0 Å². The minimum atomic E-state index is -1.11. The van der Waals surface area contributed by atoms with E-state index in [0.717, 1.165) is 12.8 Å². The predicted molar refractivity (Wildman–Crippen MR) is 29.6 cm³/mol. The zero-order valence-electron chi connectivity index (χ0n) is 4.74. The van der Waals surface area contributed by atoms with Crippen molar-refractivity contribution < 1.29 is 15.1 Å². The van der Waals surface area contributed by atoms with Crippen molar-refractivity contribution in [2.45, 2.75) is 12.8 Å². The van der Waals surface area contributed by atoms with Gasteiger partial charge in [-0.3, -0.25) is 0 Å². The minimum absolute atomic E-state index is 0.00694. The molecule has 1 aliphatic carbocycles. The molecule has 50 valence electrons. The molecular weight excluding hydrogens is 122 g/mol. The van der Waals surface area contributed by atoms with Crippen molar-refractivity contribution in [3.05, 3.63) is 0 Å². The van der Waals surface area contributed by atoms with Crippen LogP contribution in [0.2, 0.25) is 0 Å². The molecule has 0 bridgehead atoms. The molecule has 0 aromatic heterocycles. The molecule has 0 aliphatic heterocycles. The van der Waals surface area contributed by atoms with Crippen LogP contribution in [0.5, 0.6) is 0 Å². The summed E-state index contributed by atoms with van der Waals surface area (Å²) in [4.78, 5) is 10.1. The fourth-order valence-electron chi connectivity index (χ4n) is 0.656. The molecule has 1 fully saturated rings. The number of hydrogen-bond donors (Lipinski definition) is 2. The smallest absolute Gasteiger partial charge is 0.353 e. The Balaban J connectivity index is 2.59. The van der Waals surface area contributed by atoms with Crippen LogP contribution in [0.15, 0.2) is 5.16 Å². The maximum absolute atomic E-state index is 10.1. The second-order valence-electron chi connectivity index (χ2n) is 2.06. The molecule has 1 aliphatic rings. The van der Waals surface area contributed by atoms with Gasteiger partial charge in [0, 0.05) is 5.92 Å². The second-order valence-corrected chi connectivity index (χ2v) is 2.06. The third-order valence-electron chi connectivity index (χ3n) is 1.29. The van der Waals surface area contributed by atoms with Gasteiger partial charge in [-0.1, -0.05) is 5.16 Å². The first-order valence-electron chi connectivity index (χ1n) is 2.71. The van der Waals surface area contributed by atoms with E-state index in [-0.39, 0.29) is 11.6 Å². The molecule has 9 heavy (non-hydrogen) atoms. The summed E-state index contributed by atoms with van der Waals surface area (Å²) in [6, 6.07) is 0. The van der Waals surface area contributed by atoms with Crippen LogP contribution in [0, 0.1) is 5.92 Å². The third kappa shape index (κ3) is 1.19. The van der Waals surface area contributed by atoms with Crippen molar-refractivity contribution in [1.29, 1.82) is 0 Å². The molecule has 0 heterocycles. The number of oxime groups is 1. The molecule has 0 atom stereocenters. The fraction of sp³-hybridized carbons (Fsp3) is 0.600. The first kappa shape index (κ1) is 6.07. The molecule has 1 saturated carbocycles. The Hall–Kier alpha value is -1.06. The number of nitrogens with zero attached hydrogens (tertiary/aromatic N) is 1. The highest BCUT2D eigenvalue weighted by atomic mass is 16.4. The topological polar surface area (TPSA) is 69.9 Å². The largest absolute Gasteiger partial charge is 0.477 e. The van der Waals surface area contributed by atoms with Gasteiger partial charge in [0.15, 0.2) is 5.71 Å². The number of hydrogen-bond acceptors (Lipinski definition) is 3. The van der Waals surface area contributed by atoms with E-state index in [9.17, 15) is 4.79 Å². The van der Waals surface area contributed by atoms with E-state index in [1.54, 1.807) is 0 Å². The summed E-state index contributed by atoms with van der Waals surface area (Å²) in [5, 5.41) is 19.1. The maximum Gasteiger partial charge on any atom is 0.353 e. The summed E-state index contributed by atoms with van der Waals surface area (Å²) in [7, 11) is 0. The van der Waals surface area contributed by atoms with E-state index in [1.807, 2.05) is 0 Å². The predicted octanol–water partition coefficient (Wildman–Crippen LogP) is 0.311. The van der Waals surface area contributed by atoms with Gasteiger partial charge in [0.05, 0.1) is 0 Å². The number of carbonyl (C=O) groups is 1. The van der Waals surface area contributed by atoms with Crippen molar-refractivity contribution in [1.82, 2.24) is 0 Å². The summed E-state index contributed by atoms with van der Waals surface area (Å²) in [6.07, 6.45) is 1.68. The molecule has 0 aromatic carbocycles. The zero-order valence-corrected chi connectivity index (χ0v) is 4.74. The first-order valence-corrected chi connectivity index (χ1v) is 2.71. The van der Waals surface area contributed by atoms with Crippen LogP contribution in [0.3, 0.4) is 0 Å². The van der Waals surface area contributed by atoms with E-state index in [4.69, 9.17) is 10.3 Å². The van der Waals surface area contributed by atoms with Crippen LogP contribution in [0.4, 0.5) is 0 Å². The number of carboxylic acids is 1. The molecule has 2 N–H and O–H groups in total. The Morgan fingerprint density at radius 2 is 2.11 bits per heavy atom. The number of carboxylic acid groups (broad SMARTS) is 1. The number of aliphatic carboxylic acids is 1. The molecule has 0 amide bonds. The van der Waals surface area contributed by atoms with Gasteiger partial charge in [-0.05, 0) is 12.8 Å². The lowest BCUT2D eigenvalue weighted by Gasteiger charge is -1.90. The van der Waals surface area contributed by atoms with Gasteiger partial charge in [0.2, 0.25) is 0 Å². The Morgan fingerprint density at radius 3 is 2.22 bits per heavy atom. The Morgan fingerprint density at radius 1 is 1.56 bits per heavy atom. The van der Waals surface area contributed by atoms with E-state index in [0.29, 0.717) is 0 Å². The Kier molecular flexibility index (Phi) is 1.38. The highest BCUT2D eigenvalue weighted by Crippen LogP contribution is 2.30. The second kappa shape index (κ2) is 2.05. The Labute approximate surface area is 51.8 Å². The molecule has 0 unspecified atom stereocenters. The summed E-state index contributed by atoms with van der Waals surface area (Å²) in [6.45, 7) is 0. The molecule has 4 heteroatoms. The molecule has 1 rings (SSSR count). The van der Waals surface area contributed by atoms with Crippen LogP contribution in [-0.2, 0) is 4.79 Å². The monoisotopic (exact) mass is 129 g/mol. The zero-order chi connectivity index (χ0) is 6.85. The van der Waals surface area contributed by atoms with E-state index >= 15 is 0 Å². The van der Waals surface area contributed by atoms with Crippen molar-refractivity contribution in [2.75, 3.05) is 0 Å². The van der Waals surface area contributed by atoms with Gasteiger partial charge in [-0.2, -0.15) is 0 Å². The van der Waals surface area contributed by atoms with Gasteiger partial charge in [0.1, 0.15) is 0 Å². The maximum atomic E-state index is 10.1. The fourth-order valence-corrected chi connectivity index (χ4v) is 0.656. The van der Waals surface area contributed by atoms with Crippen LogP contribution in [0.1, 0.15) is 12.8 Å². The molecule has 4 nitrogen and oxygen atoms in total. The Bertz CT molecular complexity index is 160. The van der Waals surface area contributed by atoms with Gasteiger partial charge in [0.25, 0.3) is 0 Å². The van der Waals surface area contributed by atoms with Gasteiger partial charge in [-0.25, -0.2) is 4.79 Å². The van der Waals surface area contributed by atoms with Gasteiger partial charge >= 0.3 is 5.97 Å². The molecule has 0 aromatic rings. The lowest BCUT2D eigenvalue weighted by atomic mass is 10.2. The molecule has 0 radical (unpaired) electrons. The molecule has 0 saturated heterocycles. The first-order chi connectivity index (χ1) is 4.25. The van der Waals surface area contributed by atoms with Crippen molar-refractivity contribution in [3.8, 4) is 0 Å². The lowest BCUT2D eigenvalue weighted by Crippen LogP contribution is -2.14. The highest BCUT2D eigenvalue weighted by Gasteiger charge is 2.32. The summed E-state index contributed by atoms with van der Waals surface area (Å²) in [5.74, 6) is -1.10. The van der Waals surface area contributed by atoms with Crippen molar-refractivity contribution in [3.63, 3.8) is 0 Å². The normalized spacial score (nSPS) is 19.8. The van der Waals surface area contributed by atoms with Crippen LogP contribution in [0.25, 0.3) is 0 Å². The minimum Gasteiger partial charge on any atom is -0.477 e. The molecular formula is C5H7NO3. The highest BCUT2D eigenvalue weighted by molar-refractivity contribution is 6.36. The van der Waals surface area contributed by atoms with Crippen LogP contribution < -0.4 is 0 Å². The average Bonchev–Trinajstić information content (AvgIpc) is 2.50. The third-order valence-corrected chi connectivity index (χ3v) is 1.29. The van der Waals surface area contributed by atoms with Crippen molar-refractivity contribution in [2.24, 2.45) is 11.1 Å². The summed E-state index contributed by atoms with van der Waals surface area (Å²) in [5.41, 5.74) is -0.102. The van der Waals surface area contributed by atoms with Gasteiger partial charge in [-0.15, -0.1) is 0 Å². The summed E-state index contributed by atoms with van der Waals surface area (Å²) < 4.78 is 0. The van der Waals surface area contributed by atoms with Gasteiger partial charge < -0.3 is 10.3 Å². The summed E-state index contributed by atoms with van der Waals surface area (Å²) >= 11 is 0. The van der Waals surface area contributed by atoms with Crippen molar-refractivity contribution >= 4 is 11.7 Å². The molecule has 0 spiro atoms. The SMILES string of the molecule is O=C(O)/C(=N\O)C1CC1. The lowest BCUT2D eigenvalue weighted by molar-refractivity contribution is -0.129. The average molecular weight is 129 g/mol. The quantitative estimate of drug-likeness (QED) is 0.320. The standard InChI is InChI=1S/C5H7NO3/c7-5(8)4(6-9)3-1-2-3/h3,9H,1-2H2,(H,7,8)/b6-4-. The number of rotatable bonds is 2. The van der Waals surface area contributed by atoms with Crippen LogP contribution >= 0.6 is 0 Å². The van der Waals surface area contributed by atoms with E-state index < -0.39 is 5.97 Å². The van der Waals surface area contributed by atoms with E-state index in [1.165, 1.54) is 0 Å².